The first-order valence-electron chi connectivity index (χ1n) is 9.03. The Morgan fingerprint density at radius 3 is 2.05 bits per heavy atom. The fourth-order valence-electron chi connectivity index (χ4n) is 4.51. The van der Waals surface area contributed by atoms with E-state index in [9.17, 15) is 0 Å². The van der Waals surface area contributed by atoms with Gasteiger partial charge in [0.05, 0.1) is 0 Å². The van der Waals surface area contributed by atoms with E-state index in [1.165, 1.54) is 90.5 Å². The minimum atomic E-state index is 0.485. The summed E-state index contributed by atoms with van der Waals surface area (Å²) in [5.41, 5.74) is 6.03. The zero-order chi connectivity index (χ0) is 13.8. The Balaban J connectivity index is 1.38. The highest BCUT2D eigenvalue weighted by atomic mass is 15.3. The van der Waals surface area contributed by atoms with Gasteiger partial charge in [0.25, 0.3) is 0 Å². The molecule has 1 aliphatic heterocycles. The van der Waals surface area contributed by atoms with Gasteiger partial charge in [-0.05, 0) is 44.4 Å². The first-order chi connectivity index (χ1) is 9.81. The topological polar surface area (TPSA) is 32.5 Å². The monoisotopic (exact) mass is 279 g/mol. The molecule has 3 nitrogen and oxygen atoms in total. The Bertz CT molecular complexity index is 272. The van der Waals surface area contributed by atoms with Crippen LogP contribution in [0.2, 0.25) is 0 Å². The Morgan fingerprint density at radius 1 is 0.750 bits per heavy atom. The van der Waals surface area contributed by atoms with Gasteiger partial charge in [-0.15, -0.1) is 0 Å². The molecule has 2 N–H and O–H groups in total. The number of piperazine rings is 1. The highest BCUT2D eigenvalue weighted by Gasteiger charge is 2.28. The normalized spacial score (nSPS) is 35.2. The molecule has 0 aromatic carbocycles. The average Bonchev–Trinajstić information content (AvgIpc) is 2.50. The molecule has 3 fully saturated rings. The van der Waals surface area contributed by atoms with Crippen LogP contribution < -0.4 is 5.73 Å². The van der Waals surface area contributed by atoms with Gasteiger partial charge in [0.15, 0.2) is 0 Å². The molecule has 2 saturated carbocycles. The van der Waals surface area contributed by atoms with Crippen molar-refractivity contribution in [1.29, 1.82) is 0 Å². The molecule has 0 radical (unpaired) electrons. The quantitative estimate of drug-likeness (QED) is 0.861. The maximum atomic E-state index is 6.03. The summed E-state index contributed by atoms with van der Waals surface area (Å²) in [5.74, 6) is 1.00. The second-order valence-electron chi connectivity index (χ2n) is 7.41. The molecule has 0 aromatic heterocycles. The maximum absolute atomic E-state index is 6.03. The number of hydrogen-bond donors (Lipinski definition) is 1. The van der Waals surface area contributed by atoms with Gasteiger partial charge in [-0.3, -0.25) is 4.90 Å². The van der Waals surface area contributed by atoms with Gasteiger partial charge in [-0.25, -0.2) is 0 Å². The summed E-state index contributed by atoms with van der Waals surface area (Å²) in [6.45, 7) is 6.58. The second-order valence-corrected chi connectivity index (χ2v) is 7.41. The van der Waals surface area contributed by atoms with Crippen LogP contribution in [0.1, 0.15) is 57.8 Å². The van der Waals surface area contributed by atoms with Crippen LogP contribution in [-0.2, 0) is 0 Å². The molecule has 0 spiro atoms. The summed E-state index contributed by atoms with van der Waals surface area (Å²) < 4.78 is 0. The fourth-order valence-corrected chi connectivity index (χ4v) is 4.51. The van der Waals surface area contributed by atoms with E-state index in [4.69, 9.17) is 5.73 Å². The highest BCUT2D eigenvalue weighted by Crippen LogP contribution is 2.26. The van der Waals surface area contributed by atoms with Gasteiger partial charge in [-0.1, -0.05) is 19.3 Å². The summed E-state index contributed by atoms with van der Waals surface area (Å²) in [4.78, 5) is 5.49. The average molecular weight is 279 g/mol. The Morgan fingerprint density at radius 2 is 1.40 bits per heavy atom. The third-order valence-corrected chi connectivity index (χ3v) is 5.91. The molecule has 3 rings (SSSR count). The van der Waals surface area contributed by atoms with Crippen LogP contribution in [0.15, 0.2) is 0 Å². The number of nitrogens with zero attached hydrogens (tertiary/aromatic N) is 2. The first kappa shape index (κ1) is 14.8. The lowest BCUT2D eigenvalue weighted by atomic mass is 9.88. The van der Waals surface area contributed by atoms with Gasteiger partial charge in [0.2, 0.25) is 0 Å². The molecule has 3 heteroatoms. The summed E-state index contributed by atoms with van der Waals surface area (Å²) >= 11 is 0. The number of nitrogens with two attached hydrogens (primary N) is 1. The van der Waals surface area contributed by atoms with Gasteiger partial charge in [0.1, 0.15) is 0 Å². The smallest absolute Gasteiger partial charge is 0.0113 e. The molecule has 1 saturated heterocycles. The van der Waals surface area contributed by atoms with Crippen LogP contribution in [0, 0.1) is 5.92 Å². The van der Waals surface area contributed by atoms with E-state index in [0.29, 0.717) is 6.04 Å². The summed E-state index contributed by atoms with van der Waals surface area (Å²) in [7, 11) is 0. The van der Waals surface area contributed by atoms with Crippen molar-refractivity contribution in [3.05, 3.63) is 0 Å². The molecular formula is C17H33N3. The van der Waals surface area contributed by atoms with Crippen molar-refractivity contribution < 1.29 is 0 Å². The molecule has 0 aromatic rings. The van der Waals surface area contributed by atoms with Crippen LogP contribution in [0.25, 0.3) is 0 Å². The second kappa shape index (κ2) is 7.24. The predicted octanol–water partition coefficient (Wildman–Crippen LogP) is 2.45. The molecule has 0 amide bonds. The first-order valence-corrected chi connectivity index (χ1v) is 9.03. The van der Waals surface area contributed by atoms with Crippen molar-refractivity contribution >= 4 is 0 Å². The molecule has 0 bridgehead atoms. The Kier molecular flexibility index (Phi) is 5.36. The lowest BCUT2D eigenvalue weighted by molar-refractivity contribution is 0.0651. The molecule has 0 atom stereocenters. The summed E-state index contributed by atoms with van der Waals surface area (Å²) in [6.07, 6.45) is 12.6. The van der Waals surface area contributed by atoms with Crippen molar-refractivity contribution in [3.63, 3.8) is 0 Å². The molecule has 2 aliphatic carbocycles. The fraction of sp³-hybridized carbons (Fsp3) is 1.00. The summed E-state index contributed by atoms with van der Waals surface area (Å²) in [6, 6.07) is 1.32. The van der Waals surface area contributed by atoms with Crippen LogP contribution >= 0.6 is 0 Å². The number of rotatable bonds is 3. The van der Waals surface area contributed by atoms with Crippen LogP contribution in [0.5, 0.6) is 0 Å². The zero-order valence-electron chi connectivity index (χ0n) is 13.1. The van der Waals surface area contributed by atoms with E-state index in [-0.39, 0.29) is 0 Å². The molecular weight excluding hydrogens is 246 g/mol. The van der Waals surface area contributed by atoms with Crippen LogP contribution in [0.4, 0.5) is 0 Å². The third-order valence-electron chi connectivity index (χ3n) is 5.91. The molecule has 3 aliphatic rings. The molecule has 1 heterocycles. The number of hydrogen-bond acceptors (Lipinski definition) is 3. The van der Waals surface area contributed by atoms with Crippen molar-refractivity contribution in [2.45, 2.75) is 69.9 Å². The SMILES string of the molecule is NC1CCC(N2CCN(CC3CCCCC3)CC2)CC1. The standard InChI is InChI=1S/C17H33N3/c18-16-6-8-17(9-7-16)20-12-10-19(11-13-20)14-15-4-2-1-3-5-15/h15-17H,1-14,18H2. The predicted molar refractivity (Wildman–Crippen MR) is 84.8 cm³/mol. The molecule has 0 unspecified atom stereocenters. The van der Waals surface area contributed by atoms with E-state index >= 15 is 0 Å². The lowest BCUT2D eigenvalue weighted by Crippen LogP contribution is -2.52. The van der Waals surface area contributed by atoms with E-state index in [0.717, 1.165) is 12.0 Å². The van der Waals surface area contributed by atoms with Crippen LogP contribution in [-0.4, -0.2) is 54.6 Å². The third kappa shape index (κ3) is 3.96. The van der Waals surface area contributed by atoms with Crippen molar-refractivity contribution in [2.75, 3.05) is 32.7 Å². The Hall–Kier alpha value is -0.120. The summed E-state index contributed by atoms with van der Waals surface area (Å²) in [5, 5.41) is 0. The molecule has 116 valence electrons. The van der Waals surface area contributed by atoms with Crippen molar-refractivity contribution in [3.8, 4) is 0 Å². The van der Waals surface area contributed by atoms with E-state index in [1.807, 2.05) is 0 Å². The Labute approximate surface area is 124 Å². The van der Waals surface area contributed by atoms with Gasteiger partial charge in [-0.2, -0.15) is 0 Å². The largest absolute Gasteiger partial charge is 0.328 e. The zero-order valence-corrected chi connectivity index (χ0v) is 13.1. The van der Waals surface area contributed by atoms with Gasteiger partial charge < -0.3 is 10.6 Å². The lowest BCUT2D eigenvalue weighted by Gasteiger charge is -2.42. The van der Waals surface area contributed by atoms with Crippen LogP contribution in [0.3, 0.4) is 0 Å². The van der Waals surface area contributed by atoms with E-state index in [1.54, 1.807) is 0 Å². The highest BCUT2D eigenvalue weighted by molar-refractivity contribution is 4.85. The minimum absolute atomic E-state index is 0.485. The van der Waals surface area contributed by atoms with Crippen molar-refractivity contribution in [1.82, 2.24) is 9.80 Å². The van der Waals surface area contributed by atoms with Gasteiger partial charge in [0, 0.05) is 44.8 Å². The van der Waals surface area contributed by atoms with Gasteiger partial charge >= 0.3 is 0 Å². The maximum Gasteiger partial charge on any atom is 0.0113 e. The van der Waals surface area contributed by atoms with E-state index in [2.05, 4.69) is 9.80 Å². The minimum Gasteiger partial charge on any atom is -0.328 e. The molecule has 20 heavy (non-hydrogen) atoms. The van der Waals surface area contributed by atoms with E-state index < -0.39 is 0 Å². The van der Waals surface area contributed by atoms with Crippen molar-refractivity contribution in [2.24, 2.45) is 11.7 Å².